The molecule has 0 radical (unpaired) electrons. The summed E-state index contributed by atoms with van der Waals surface area (Å²) in [6, 6.07) is 1.45. The fourth-order valence-electron chi connectivity index (χ4n) is 1.72. The van der Waals surface area contributed by atoms with E-state index in [-0.39, 0.29) is 0 Å². The second kappa shape index (κ2) is 5.03. The molecule has 0 saturated heterocycles. The Balaban J connectivity index is 2.74. The molecule has 0 aromatic heterocycles. The lowest BCUT2D eigenvalue weighted by Gasteiger charge is -2.09. The number of hydrogen-bond donors (Lipinski definition) is 0. The Bertz CT molecular complexity index is 682. The first-order valence-electron chi connectivity index (χ1n) is 5.31. The predicted molar refractivity (Wildman–Crippen MR) is 61.7 cm³/mol. The average molecular weight is 288 g/mol. The van der Waals surface area contributed by atoms with Gasteiger partial charge in [0.05, 0.1) is 0 Å². The summed E-state index contributed by atoms with van der Waals surface area (Å²) in [6.07, 6.45) is 0.767. The van der Waals surface area contributed by atoms with Crippen molar-refractivity contribution in [2.24, 2.45) is 0 Å². The van der Waals surface area contributed by atoms with E-state index in [1.165, 1.54) is 0 Å². The van der Waals surface area contributed by atoms with E-state index in [4.69, 9.17) is 0 Å². The smallest absolute Gasteiger partial charge is 0.194 e. The molecule has 0 aliphatic heterocycles. The largest absolute Gasteiger partial charge is 0.206 e. The Labute approximate surface area is 110 Å². The molecule has 0 unspecified atom stereocenters. The van der Waals surface area contributed by atoms with Gasteiger partial charge in [0.2, 0.25) is 0 Å². The lowest BCUT2D eigenvalue weighted by molar-refractivity contribution is 0.447. The van der Waals surface area contributed by atoms with Crippen LogP contribution in [0.3, 0.4) is 0 Å². The second-order valence-electron chi connectivity index (χ2n) is 3.91. The van der Waals surface area contributed by atoms with E-state index in [9.17, 15) is 26.3 Å². The number of halogens is 6. The van der Waals surface area contributed by atoms with Gasteiger partial charge in [0.25, 0.3) is 0 Å². The molecule has 0 nitrogen and oxygen atoms in total. The van der Waals surface area contributed by atoms with E-state index >= 15 is 0 Å². The summed E-state index contributed by atoms with van der Waals surface area (Å²) in [5, 5.41) is 0. The first-order chi connectivity index (χ1) is 9.36. The molecule has 2 aromatic rings. The van der Waals surface area contributed by atoms with Gasteiger partial charge in [-0.25, -0.2) is 26.3 Å². The lowest BCUT2D eigenvalue weighted by atomic mass is 10.0. The maximum Gasteiger partial charge on any atom is 0.194 e. The molecular formula is C14H6F6. The van der Waals surface area contributed by atoms with Gasteiger partial charge < -0.3 is 0 Å². The summed E-state index contributed by atoms with van der Waals surface area (Å²) in [5.74, 6) is -9.13. The second-order valence-corrected chi connectivity index (χ2v) is 3.91. The van der Waals surface area contributed by atoms with E-state index < -0.39 is 51.6 Å². The summed E-state index contributed by atoms with van der Waals surface area (Å²) in [4.78, 5) is 0. The highest BCUT2D eigenvalue weighted by Crippen LogP contribution is 2.30. The summed E-state index contributed by atoms with van der Waals surface area (Å²) < 4.78 is 79.7. The predicted octanol–water partition coefficient (Wildman–Crippen LogP) is 4.83. The molecule has 0 aliphatic carbocycles. The number of benzene rings is 2. The molecule has 0 atom stereocenters. The monoisotopic (exact) mass is 288 g/mol. The van der Waals surface area contributed by atoms with Crippen LogP contribution in [-0.4, -0.2) is 0 Å². The zero-order valence-corrected chi connectivity index (χ0v) is 9.78. The van der Waals surface area contributed by atoms with Gasteiger partial charge in [-0.3, -0.25) is 0 Å². The molecule has 20 heavy (non-hydrogen) atoms. The van der Waals surface area contributed by atoms with E-state index in [0.29, 0.717) is 18.2 Å². The van der Waals surface area contributed by atoms with Crippen LogP contribution in [0.2, 0.25) is 0 Å². The Kier molecular flexibility index (Phi) is 3.57. The highest BCUT2D eigenvalue weighted by atomic mass is 19.2. The molecule has 0 fully saturated rings. The molecule has 0 amide bonds. The van der Waals surface area contributed by atoms with Crippen molar-refractivity contribution in [2.75, 3.05) is 0 Å². The van der Waals surface area contributed by atoms with E-state index in [2.05, 4.69) is 6.58 Å². The third-order valence-electron chi connectivity index (χ3n) is 2.69. The van der Waals surface area contributed by atoms with Crippen molar-refractivity contribution >= 4 is 6.08 Å². The van der Waals surface area contributed by atoms with Crippen LogP contribution < -0.4 is 0 Å². The summed E-state index contributed by atoms with van der Waals surface area (Å²) in [7, 11) is 0. The molecule has 104 valence electrons. The zero-order chi connectivity index (χ0) is 15.0. The third kappa shape index (κ3) is 2.17. The average Bonchev–Trinajstić information content (AvgIpc) is 2.40. The Morgan fingerprint density at radius 2 is 1.25 bits per heavy atom. The molecule has 2 aromatic carbocycles. The van der Waals surface area contributed by atoms with Crippen LogP contribution in [0.4, 0.5) is 26.3 Å². The van der Waals surface area contributed by atoms with Gasteiger partial charge >= 0.3 is 0 Å². The van der Waals surface area contributed by atoms with Gasteiger partial charge in [0, 0.05) is 11.1 Å². The van der Waals surface area contributed by atoms with Crippen LogP contribution >= 0.6 is 0 Å². The maximum atomic E-state index is 13.8. The first-order valence-corrected chi connectivity index (χ1v) is 5.31. The Morgan fingerprint density at radius 3 is 1.75 bits per heavy atom. The van der Waals surface area contributed by atoms with Crippen LogP contribution in [0.5, 0.6) is 0 Å². The van der Waals surface area contributed by atoms with Crippen molar-refractivity contribution in [1.29, 1.82) is 0 Å². The Morgan fingerprint density at radius 1 is 0.700 bits per heavy atom. The van der Waals surface area contributed by atoms with Crippen LogP contribution in [-0.2, 0) is 0 Å². The minimum atomic E-state index is -1.75. The van der Waals surface area contributed by atoms with Gasteiger partial charge in [0.1, 0.15) is 5.82 Å². The first kappa shape index (κ1) is 14.2. The van der Waals surface area contributed by atoms with Crippen LogP contribution in [0.1, 0.15) is 5.56 Å². The van der Waals surface area contributed by atoms with Crippen molar-refractivity contribution < 1.29 is 26.3 Å². The molecule has 2 rings (SSSR count). The summed E-state index contributed by atoms with van der Waals surface area (Å²) in [6.45, 7) is 3.12. The Hall–Kier alpha value is -2.24. The fraction of sp³-hybridized carbons (Fsp3) is 0. The molecule has 0 saturated carbocycles. The minimum Gasteiger partial charge on any atom is -0.206 e. The SMILES string of the molecule is C=Cc1c(F)cc(-c2cc(F)c(F)c(F)c2)c(F)c1F. The van der Waals surface area contributed by atoms with Gasteiger partial charge in [-0.1, -0.05) is 12.7 Å². The van der Waals surface area contributed by atoms with E-state index in [1.807, 2.05) is 0 Å². The van der Waals surface area contributed by atoms with E-state index in [1.54, 1.807) is 0 Å². The molecule has 0 bridgehead atoms. The van der Waals surface area contributed by atoms with Crippen molar-refractivity contribution in [3.8, 4) is 11.1 Å². The van der Waals surface area contributed by atoms with Crippen molar-refractivity contribution in [3.05, 3.63) is 65.2 Å². The lowest BCUT2D eigenvalue weighted by Crippen LogP contribution is -1.99. The summed E-state index contributed by atoms with van der Waals surface area (Å²) >= 11 is 0. The van der Waals surface area contributed by atoms with Crippen LogP contribution in [0.25, 0.3) is 17.2 Å². The summed E-state index contributed by atoms with van der Waals surface area (Å²) in [5.41, 5.74) is -1.94. The normalized spacial score (nSPS) is 10.7. The minimum absolute atomic E-state index is 0.448. The van der Waals surface area contributed by atoms with Gasteiger partial charge in [-0.15, -0.1) is 0 Å². The van der Waals surface area contributed by atoms with Gasteiger partial charge in [0.15, 0.2) is 29.1 Å². The molecule has 6 heteroatoms. The molecule has 0 spiro atoms. The highest BCUT2D eigenvalue weighted by molar-refractivity contribution is 5.67. The number of hydrogen-bond acceptors (Lipinski definition) is 0. The third-order valence-corrected chi connectivity index (χ3v) is 2.69. The standard InChI is InChI=1S/C14H6F6/c1-2-7-9(15)5-8(13(19)12(7)18)6-3-10(16)14(20)11(17)4-6/h2-5H,1H2. The van der Waals surface area contributed by atoms with Crippen molar-refractivity contribution in [1.82, 2.24) is 0 Å². The van der Waals surface area contributed by atoms with Gasteiger partial charge in [-0.2, -0.15) is 0 Å². The fourth-order valence-corrected chi connectivity index (χ4v) is 1.72. The topological polar surface area (TPSA) is 0 Å². The zero-order valence-electron chi connectivity index (χ0n) is 9.78. The van der Waals surface area contributed by atoms with Crippen molar-refractivity contribution in [3.63, 3.8) is 0 Å². The quantitative estimate of drug-likeness (QED) is 0.422. The number of rotatable bonds is 2. The highest BCUT2D eigenvalue weighted by Gasteiger charge is 2.20. The maximum absolute atomic E-state index is 13.8. The van der Waals surface area contributed by atoms with Crippen molar-refractivity contribution in [2.45, 2.75) is 0 Å². The van der Waals surface area contributed by atoms with Gasteiger partial charge in [-0.05, 0) is 23.8 Å². The molecular weight excluding hydrogens is 282 g/mol. The molecule has 0 heterocycles. The van der Waals surface area contributed by atoms with E-state index in [0.717, 1.165) is 6.08 Å². The van der Waals surface area contributed by atoms with Crippen LogP contribution in [0.15, 0.2) is 24.8 Å². The molecule has 0 aliphatic rings. The molecule has 0 N–H and O–H groups in total. The van der Waals surface area contributed by atoms with Crippen LogP contribution in [0, 0.1) is 34.9 Å².